The van der Waals surface area contributed by atoms with Gasteiger partial charge in [-0.2, -0.15) is 0 Å². The maximum absolute atomic E-state index is 12.6. The standard InChI is InChI=1S/C24H20ClN7O.C2H6/c25-17-5-6-31-14-28-20(21(31)7-17)10-24(33)30-22-9-18(26-13-27-22)8-19-12-32-11-16(15-1-2-15)3-4-23(32)29-19;1-2/h3-7,9,11-15H,1-2,8,10H2,(H,26,27,30,33);1-2H3. The Morgan fingerprint density at radius 2 is 1.91 bits per heavy atom. The molecule has 5 heterocycles. The van der Waals surface area contributed by atoms with E-state index < -0.39 is 0 Å². The van der Waals surface area contributed by atoms with E-state index >= 15 is 0 Å². The van der Waals surface area contributed by atoms with E-state index in [9.17, 15) is 4.79 Å². The summed E-state index contributed by atoms with van der Waals surface area (Å²) in [6, 6.07) is 9.58. The summed E-state index contributed by atoms with van der Waals surface area (Å²) in [5.74, 6) is 0.942. The fourth-order valence-electron chi connectivity index (χ4n) is 4.04. The second kappa shape index (κ2) is 9.84. The van der Waals surface area contributed by atoms with Crippen LogP contribution in [0.3, 0.4) is 0 Å². The van der Waals surface area contributed by atoms with Gasteiger partial charge in [0.05, 0.1) is 35.3 Å². The fourth-order valence-corrected chi connectivity index (χ4v) is 4.20. The van der Waals surface area contributed by atoms with E-state index in [-0.39, 0.29) is 12.3 Å². The van der Waals surface area contributed by atoms with Gasteiger partial charge in [0.2, 0.25) is 5.91 Å². The minimum atomic E-state index is -0.208. The summed E-state index contributed by atoms with van der Waals surface area (Å²) in [5, 5.41) is 3.44. The molecule has 1 N–H and O–H groups in total. The molecule has 0 spiro atoms. The van der Waals surface area contributed by atoms with Crippen molar-refractivity contribution in [3.05, 3.63) is 89.2 Å². The monoisotopic (exact) mass is 487 g/mol. The van der Waals surface area contributed by atoms with Crippen LogP contribution in [0.15, 0.2) is 61.6 Å². The SMILES string of the molecule is CC.O=C(Cc1ncn2ccc(Cl)cc12)Nc1cc(Cc2cn3cc(C4CC4)ccc3n2)ncn1. The molecular weight excluding hydrogens is 462 g/mol. The molecule has 1 aliphatic carbocycles. The summed E-state index contributed by atoms with van der Waals surface area (Å²) >= 11 is 6.08. The maximum Gasteiger partial charge on any atom is 0.231 e. The number of imidazole rings is 2. The predicted octanol–water partition coefficient (Wildman–Crippen LogP) is 5.10. The average molecular weight is 488 g/mol. The van der Waals surface area contributed by atoms with Crippen LogP contribution in [0.25, 0.3) is 11.2 Å². The fraction of sp³-hybridized carbons (Fsp3) is 0.269. The molecule has 1 saturated carbocycles. The molecule has 0 aliphatic heterocycles. The van der Waals surface area contributed by atoms with Crippen LogP contribution in [0.2, 0.25) is 5.02 Å². The van der Waals surface area contributed by atoms with Gasteiger partial charge in [-0.05, 0) is 42.5 Å². The number of nitrogens with one attached hydrogen (secondary N) is 1. The smallest absolute Gasteiger partial charge is 0.231 e. The average Bonchev–Trinajstić information content (AvgIpc) is 3.53. The van der Waals surface area contributed by atoms with Crippen LogP contribution in [-0.4, -0.2) is 34.6 Å². The predicted molar refractivity (Wildman–Crippen MR) is 136 cm³/mol. The summed E-state index contributed by atoms with van der Waals surface area (Å²) in [6.45, 7) is 4.00. The van der Waals surface area contributed by atoms with Crippen LogP contribution in [0, 0.1) is 0 Å². The van der Waals surface area contributed by atoms with Crippen molar-refractivity contribution in [3.63, 3.8) is 0 Å². The number of fused-ring (bicyclic) bond motifs is 2. The highest BCUT2D eigenvalue weighted by molar-refractivity contribution is 6.30. The second-order valence-electron chi connectivity index (χ2n) is 8.36. The van der Waals surface area contributed by atoms with E-state index in [1.54, 1.807) is 24.5 Å². The molecule has 0 radical (unpaired) electrons. The van der Waals surface area contributed by atoms with Crippen molar-refractivity contribution in [2.75, 3.05) is 5.32 Å². The molecule has 6 rings (SSSR count). The van der Waals surface area contributed by atoms with Crippen molar-refractivity contribution < 1.29 is 4.79 Å². The first kappa shape index (κ1) is 23.0. The first-order chi connectivity index (χ1) is 17.1. The van der Waals surface area contributed by atoms with Crippen LogP contribution in [0.5, 0.6) is 0 Å². The highest BCUT2D eigenvalue weighted by atomic mass is 35.5. The van der Waals surface area contributed by atoms with Crippen LogP contribution < -0.4 is 5.32 Å². The van der Waals surface area contributed by atoms with E-state index in [1.807, 2.05) is 30.6 Å². The largest absolute Gasteiger partial charge is 0.310 e. The van der Waals surface area contributed by atoms with Gasteiger partial charge in [0.25, 0.3) is 0 Å². The number of rotatable bonds is 6. The molecule has 5 aromatic heterocycles. The first-order valence-electron chi connectivity index (χ1n) is 11.8. The number of carbonyl (C=O) groups excluding carboxylic acids is 1. The molecule has 1 fully saturated rings. The quantitative estimate of drug-likeness (QED) is 0.360. The minimum absolute atomic E-state index is 0.117. The van der Waals surface area contributed by atoms with Gasteiger partial charge < -0.3 is 14.1 Å². The molecule has 0 atom stereocenters. The van der Waals surface area contributed by atoms with Crippen molar-refractivity contribution >= 4 is 34.5 Å². The summed E-state index contributed by atoms with van der Waals surface area (Å²) in [4.78, 5) is 30.2. The molecule has 5 aromatic rings. The third-order valence-corrected chi connectivity index (χ3v) is 6.07. The number of halogens is 1. The molecule has 0 bridgehead atoms. The third kappa shape index (κ3) is 5.17. The summed E-state index contributed by atoms with van der Waals surface area (Å²) < 4.78 is 3.91. The van der Waals surface area contributed by atoms with Crippen molar-refractivity contribution in [3.8, 4) is 0 Å². The molecule has 35 heavy (non-hydrogen) atoms. The van der Waals surface area contributed by atoms with Crippen molar-refractivity contribution in [1.82, 2.24) is 28.7 Å². The van der Waals surface area contributed by atoms with E-state index in [0.717, 1.165) is 22.6 Å². The number of carbonyl (C=O) groups is 1. The Labute approximate surface area is 208 Å². The zero-order valence-electron chi connectivity index (χ0n) is 19.6. The van der Waals surface area contributed by atoms with E-state index in [4.69, 9.17) is 16.6 Å². The van der Waals surface area contributed by atoms with Gasteiger partial charge in [0.1, 0.15) is 17.8 Å². The first-order valence-corrected chi connectivity index (χ1v) is 12.2. The third-order valence-electron chi connectivity index (χ3n) is 5.83. The molecular formula is C26H26ClN7O. The molecule has 0 saturated heterocycles. The maximum atomic E-state index is 12.6. The lowest BCUT2D eigenvalue weighted by molar-refractivity contribution is -0.115. The number of hydrogen-bond donors (Lipinski definition) is 1. The summed E-state index contributed by atoms with van der Waals surface area (Å²) in [5.41, 5.74) is 5.44. The van der Waals surface area contributed by atoms with Crippen LogP contribution in [0.1, 0.15) is 55.3 Å². The second-order valence-corrected chi connectivity index (χ2v) is 8.80. The van der Waals surface area contributed by atoms with Gasteiger partial charge in [-0.3, -0.25) is 4.79 Å². The number of amides is 1. The Balaban J connectivity index is 0.00000124. The highest BCUT2D eigenvalue weighted by Crippen LogP contribution is 2.39. The lowest BCUT2D eigenvalue weighted by Gasteiger charge is -2.05. The number of hydrogen-bond acceptors (Lipinski definition) is 5. The number of pyridine rings is 2. The Bertz CT molecular complexity index is 1500. The van der Waals surface area contributed by atoms with E-state index in [1.165, 1.54) is 24.7 Å². The minimum Gasteiger partial charge on any atom is -0.310 e. The highest BCUT2D eigenvalue weighted by Gasteiger charge is 2.23. The zero-order valence-corrected chi connectivity index (χ0v) is 20.4. The summed E-state index contributed by atoms with van der Waals surface area (Å²) in [7, 11) is 0. The van der Waals surface area contributed by atoms with Gasteiger partial charge >= 0.3 is 0 Å². The molecule has 0 aromatic carbocycles. The molecule has 178 valence electrons. The normalized spacial score (nSPS) is 13.0. The van der Waals surface area contributed by atoms with Gasteiger partial charge in [-0.1, -0.05) is 31.5 Å². The molecule has 0 unspecified atom stereocenters. The Morgan fingerprint density at radius 1 is 1.06 bits per heavy atom. The Hall–Kier alpha value is -3.78. The summed E-state index contributed by atoms with van der Waals surface area (Å²) in [6.07, 6.45) is 12.4. The van der Waals surface area contributed by atoms with Crippen molar-refractivity contribution in [1.29, 1.82) is 0 Å². The van der Waals surface area contributed by atoms with Gasteiger partial charge in [0.15, 0.2) is 0 Å². The lowest BCUT2D eigenvalue weighted by atomic mass is 10.2. The Morgan fingerprint density at radius 3 is 2.74 bits per heavy atom. The molecule has 8 nitrogen and oxygen atoms in total. The molecule has 1 amide bonds. The zero-order chi connectivity index (χ0) is 24.4. The number of aromatic nitrogens is 6. The van der Waals surface area contributed by atoms with Crippen molar-refractivity contribution in [2.45, 2.75) is 45.4 Å². The number of nitrogens with zero attached hydrogens (tertiary/aromatic N) is 6. The van der Waals surface area contributed by atoms with Crippen LogP contribution in [-0.2, 0) is 17.6 Å². The molecule has 1 aliphatic rings. The number of anilines is 1. The molecule has 9 heteroatoms. The lowest BCUT2D eigenvalue weighted by Crippen LogP contribution is -2.16. The van der Waals surface area contributed by atoms with E-state index in [0.29, 0.717) is 28.9 Å². The van der Waals surface area contributed by atoms with Gasteiger partial charge in [-0.15, -0.1) is 0 Å². The Kier molecular flexibility index (Phi) is 6.46. The van der Waals surface area contributed by atoms with Gasteiger partial charge in [0, 0.05) is 36.1 Å². The van der Waals surface area contributed by atoms with Crippen molar-refractivity contribution in [2.24, 2.45) is 0 Å². The van der Waals surface area contributed by atoms with Crippen LogP contribution >= 0.6 is 11.6 Å². The van der Waals surface area contributed by atoms with Crippen LogP contribution in [0.4, 0.5) is 5.82 Å². The van der Waals surface area contributed by atoms with Gasteiger partial charge in [-0.25, -0.2) is 19.9 Å². The van der Waals surface area contributed by atoms with E-state index in [2.05, 4.69) is 43.0 Å². The topological polar surface area (TPSA) is 89.5 Å².